The summed E-state index contributed by atoms with van der Waals surface area (Å²) in [5.74, 6) is -8.24. The van der Waals surface area contributed by atoms with Gasteiger partial charge in [-0.2, -0.15) is 0 Å². The van der Waals surface area contributed by atoms with Crippen molar-refractivity contribution in [3.63, 3.8) is 0 Å². The summed E-state index contributed by atoms with van der Waals surface area (Å²) in [7, 11) is 0. The standard InChI is InChI=1S/2C30H39F3O7/c2*1-16-7-5-6-8-23(16)39-26(37)40-30(25(36)38-15-31)17(2)11-19-20-13-22(32)21-12-18(34)9-10-27(21,3)29(20,33)24(35)14-28(19,30)4/h2*9-10,12,16-17,19-20,22-24,35H,5-8,11,13-15H2,1-4H3/t16-,17+,19-,20-,22-,23+,24-,27-,28-,29-,30-;16-,17-,19+,20+,22+,23+,24+,27+,28+,29+,30+/m01/s1. The van der Waals surface area contributed by atoms with Crippen LogP contribution in [-0.2, 0) is 47.6 Å². The minimum Gasteiger partial charge on any atom is -0.431 e. The highest BCUT2D eigenvalue weighted by Gasteiger charge is 2.81. The Hall–Kier alpha value is -4.72. The summed E-state index contributed by atoms with van der Waals surface area (Å²) in [6.45, 7) is 10.4. The summed E-state index contributed by atoms with van der Waals surface area (Å²) in [6, 6.07) is 0. The molecule has 10 rings (SSSR count). The van der Waals surface area contributed by atoms with E-state index in [-0.39, 0.29) is 61.5 Å². The fourth-order valence-electron chi connectivity index (χ4n) is 18.2. The lowest BCUT2D eigenvalue weighted by Gasteiger charge is -2.62. The normalized spacial score (nSPS) is 47.9. The van der Waals surface area contributed by atoms with Crippen LogP contribution >= 0.6 is 0 Å². The Labute approximate surface area is 463 Å². The number of halogens is 6. The Kier molecular flexibility index (Phi) is 15.8. The number of alkyl halides is 6. The highest BCUT2D eigenvalue weighted by Crippen LogP contribution is 2.74. The average molecular weight is 1140 g/mol. The van der Waals surface area contributed by atoms with Gasteiger partial charge in [0.05, 0.1) is 12.2 Å². The number of aliphatic hydroxyl groups is 2. The van der Waals surface area contributed by atoms with E-state index in [9.17, 15) is 47.8 Å². The second-order valence-electron chi connectivity index (χ2n) is 26.1. The number of carbonyl (C=O) groups excluding carboxylic acids is 6. The monoisotopic (exact) mass is 1140 g/mol. The molecule has 0 spiro atoms. The third-order valence-corrected chi connectivity index (χ3v) is 22.4. The van der Waals surface area contributed by atoms with Crippen LogP contribution in [0.2, 0.25) is 0 Å². The first kappa shape index (κ1) is 59.9. The number of carbonyl (C=O) groups is 6. The zero-order valence-corrected chi connectivity index (χ0v) is 46.9. The number of fused-ring (bicyclic) bond motifs is 10. The van der Waals surface area contributed by atoms with Crippen LogP contribution in [0, 0.1) is 69.0 Å². The summed E-state index contributed by atoms with van der Waals surface area (Å²) in [6.07, 6.45) is 3.16. The summed E-state index contributed by atoms with van der Waals surface area (Å²) in [5, 5.41) is 23.1. The van der Waals surface area contributed by atoms with Crippen molar-refractivity contribution >= 4 is 35.8 Å². The molecule has 0 aromatic rings. The van der Waals surface area contributed by atoms with Crippen LogP contribution in [0.15, 0.2) is 47.6 Å². The maximum absolute atomic E-state index is 17.5. The largest absolute Gasteiger partial charge is 0.509 e. The Bertz CT molecular complexity index is 2450. The molecule has 80 heavy (non-hydrogen) atoms. The van der Waals surface area contributed by atoms with Gasteiger partial charge < -0.3 is 38.6 Å². The maximum atomic E-state index is 17.5. The van der Waals surface area contributed by atoms with Crippen LogP contribution in [-0.4, -0.2) is 119 Å². The summed E-state index contributed by atoms with van der Waals surface area (Å²) < 4.78 is 126. The smallest absolute Gasteiger partial charge is 0.431 e. The average Bonchev–Trinajstić information content (AvgIpc) is 3.81. The first-order valence-electron chi connectivity index (χ1n) is 28.7. The molecule has 2 N–H and O–H groups in total. The van der Waals surface area contributed by atoms with Crippen molar-refractivity contribution < 1.29 is 93.7 Å². The molecule has 8 fully saturated rings. The van der Waals surface area contributed by atoms with Crippen LogP contribution in [0.4, 0.5) is 35.9 Å². The number of hydrogen-bond acceptors (Lipinski definition) is 14. The molecule has 8 saturated carbocycles. The molecule has 0 aromatic carbocycles. The van der Waals surface area contributed by atoms with Crippen LogP contribution in [0.25, 0.3) is 0 Å². The summed E-state index contributed by atoms with van der Waals surface area (Å²) in [5.41, 5.74) is -15.0. The molecule has 444 valence electrons. The number of ketones is 2. The van der Waals surface area contributed by atoms with E-state index < -0.39 is 166 Å². The van der Waals surface area contributed by atoms with Gasteiger partial charge in [-0.1, -0.05) is 66.5 Å². The molecular formula is C60H78F6O14. The summed E-state index contributed by atoms with van der Waals surface area (Å²) in [4.78, 5) is 77.7. The van der Waals surface area contributed by atoms with E-state index in [4.69, 9.17) is 28.4 Å². The van der Waals surface area contributed by atoms with Crippen molar-refractivity contribution in [1.82, 2.24) is 0 Å². The van der Waals surface area contributed by atoms with E-state index in [0.717, 1.165) is 50.7 Å². The lowest BCUT2D eigenvalue weighted by Crippen LogP contribution is -2.71. The minimum atomic E-state index is -2.37. The van der Waals surface area contributed by atoms with Gasteiger partial charge in [0.25, 0.3) is 0 Å². The Balaban J connectivity index is 0.000000194. The molecular weight excluding hydrogens is 1060 g/mol. The molecule has 0 aliphatic heterocycles. The highest BCUT2D eigenvalue weighted by molar-refractivity contribution is 6.02. The topological polar surface area (TPSA) is 198 Å². The van der Waals surface area contributed by atoms with E-state index in [0.29, 0.717) is 12.8 Å². The van der Waals surface area contributed by atoms with Crippen molar-refractivity contribution in [3.8, 4) is 0 Å². The van der Waals surface area contributed by atoms with Gasteiger partial charge >= 0.3 is 24.2 Å². The van der Waals surface area contributed by atoms with E-state index >= 15 is 17.6 Å². The molecule has 10 aliphatic rings. The van der Waals surface area contributed by atoms with Gasteiger partial charge in [-0.3, -0.25) is 9.59 Å². The zero-order chi connectivity index (χ0) is 58.5. The van der Waals surface area contributed by atoms with Crippen molar-refractivity contribution in [1.29, 1.82) is 0 Å². The van der Waals surface area contributed by atoms with Crippen LogP contribution in [0.1, 0.15) is 145 Å². The molecule has 0 bridgehead atoms. The number of hydrogen-bond donors (Lipinski definition) is 2. The van der Waals surface area contributed by atoms with Crippen molar-refractivity contribution in [3.05, 3.63) is 47.6 Å². The predicted octanol–water partition coefficient (Wildman–Crippen LogP) is 11.0. The van der Waals surface area contributed by atoms with Crippen molar-refractivity contribution in [2.24, 2.45) is 69.0 Å². The molecule has 22 atom stereocenters. The van der Waals surface area contributed by atoms with Gasteiger partial charge in [0.15, 0.2) is 22.9 Å². The SMILES string of the molecule is C[C@@H]1CCCC[C@@H]1OC(=O)O[C@]1(C(=O)OCF)[C@H](C)C[C@H]2[C@@H]3C[C@H](F)C4=CC(=O)C=C[C@]4(C)[C@@]3(F)[C@@H](O)C[C@@]21C.C[C@@H]1C[C@H]2[C@@H]3C[C@H](F)C4=CC(=O)C=C[C@]4(C)[C@@]3(F)[C@@H](O)C[C@]2(C)[C@@]1(OC(=O)O[C@@H]1CCCC[C@@H]1C)C(=O)OCF. The lowest BCUT2D eigenvalue weighted by atomic mass is 9.44. The van der Waals surface area contributed by atoms with Gasteiger partial charge in [-0.15, -0.1) is 0 Å². The maximum Gasteiger partial charge on any atom is 0.509 e. The van der Waals surface area contributed by atoms with E-state index in [1.165, 1.54) is 38.2 Å². The van der Waals surface area contributed by atoms with Crippen LogP contribution in [0.5, 0.6) is 0 Å². The number of allylic oxidation sites excluding steroid dienone is 8. The molecule has 0 amide bonds. The molecule has 0 aromatic heterocycles. The second-order valence-corrected chi connectivity index (χ2v) is 26.1. The molecule has 0 radical (unpaired) electrons. The molecule has 20 heteroatoms. The lowest BCUT2D eigenvalue weighted by molar-refractivity contribution is -0.236. The minimum absolute atomic E-state index is 0.0167. The van der Waals surface area contributed by atoms with Gasteiger partial charge in [0.1, 0.15) is 24.6 Å². The Morgan fingerprint density at radius 1 is 0.562 bits per heavy atom. The van der Waals surface area contributed by atoms with E-state index in [2.05, 4.69) is 0 Å². The number of ether oxygens (including phenoxy) is 6. The molecule has 0 saturated heterocycles. The molecule has 0 heterocycles. The molecule has 0 unspecified atom stereocenters. The fraction of sp³-hybridized carbons (Fsp3) is 0.767. The predicted molar refractivity (Wildman–Crippen MR) is 274 cm³/mol. The Morgan fingerprint density at radius 3 is 1.25 bits per heavy atom. The number of esters is 2. The zero-order valence-electron chi connectivity index (χ0n) is 46.9. The van der Waals surface area contributed by atoms with Gasteiger partial charge in [-0.25, -0.2) is 45.5 Å². The Morgan fingerprint density at radius 2 is 0.912 bits per heavy atom. The second kappa shape index (κ2) is 21.2. The highest BCUT2D eigenvalue weighted by atomic mass is 19.2. The van der Waals surface area contributed by atoms with Gasteiger partial charge in [0.2, 0.25) is 24.9 Å². The third kappa shape index (κ3) is 8.58. The van der Waals surface area contributed by atoms with Crippen molar-refractivity contribution in [2.45, 2.75) is 205 Å². The van der Waals surface area contributed by atoms with E-state index in [1.54, 1.807) is 27.7 Å². The number of rotatable bonds is 8. The first-order valence-corrected chi connectivity index (χ1v) is 28.7. The summed E-state index contributed by atoms with van der Waals surface area (Å²) >= 11 is 0. The van der Waals surface area contributed by atoms with Crippen LogP contribution < -0.4 is 0 Å². The quantitative estimate of drug-likeness (QED) is 0.132. The number of aliphatic hydroxyl groups excluding tert-OH is 2. The van der Waals surface area contributed by atoms with E-state index in [1.807, 2.05) is 13.8 Å². The third-order valence-electron chi connectivity index (χ3n) is 22.4. The molecule has 14 nitrogen and oxygen atoms in total. The molecule has 10 aliphatic carbocycles. The van der Waals surface area contributed by atoms with Gasteiger partial charge in [-0.05, 0) is 150 Å². The fourth-order valence-corrected chi connectivity index (χ4v) is 18.2. The first-order chi connectivity index (χ1) is 37.5. The van der Waals surface area contributed by atoms with Gasteiger partial charge in [0, 0.05) is 45.3 Å². The van der Waals surface area contributed by atoms with Crippen LogP contribution in [0.3, 0.4) is 0 Å². The van der Waals surface area contributed by atoms with Crippen molar-refractivity contribution in [2.75, 3.05) is 13.7 Å².